The first-order valence-corrected chi connectivity index (χ1v) is 13.7. The summed E-state index contributed by atoms with van der Waals surface area (Å²) < 4.78 is 14.3. The summed E-state index contributed by atoms with van der Waals surface area (Å²) in [6.45, 7) is 3.98. The van der Waals surface area contributed by atoms with Gasteiger partial charge in [0.2, 0.25) is 5.91 Å². The van der Waals surface area contributed by atoms with Gasteiger partial charge in [0.25, 0.3) is 5.91 Å². The SMILES string of the molecule is O=C(NC(CCN1CC2CN(C(=O)c3c(F)cccc3Cl)C[C@@H]2C1)c1ccccc1)C1CCCCC1. The van der Waals surface area contributed by atoms with Crippen molar-refractivity contribution >= 4 is 23.4 Å². The number of hydrogen-bond acceptors (Lipinski definition) is 3. The molecule has 0 spiro atoms. The molecule has 2 saturated heterocycles. The lowest BCUT2D eigenvalue weighted by Gasteiger charge is -2.27. The number of carbonyl (C=O) groups excluding carboxylic acids is 2. The van der Waals surface area contributed by atoms with Crippen molar-refractivity contribution in [3.63, 3.8) is 0 Å². The monoisotopic (exact) mass is 511 g/mol. The second kappa shape index (κ2) is 11.3. The maximum Gasteiger partial charge on any atom is 0.258 e. The lowest BCUT2D eigenvalue weighted by atomic mass is 9.88. The summed E-state index contributed by atoms with van der Waals surface area (Å²) in [7, 11) is 0. The Balaban J connectivity index is 1.16. The molecule has 1 N–H and O–H groups in total. The predicted molar refractivity (Wildman–Crippen MR) is 139 cm³/mol. The van der Waals surface area contributed by atoms with E-state index in [-0.39, 0.29) is 34.4 Å². The maximum atomic E-state index is 14.3. The van der Waals surface area contributed by atoms with E-state index in [2.05, 4.69) is 22.3 Å². The molecule has 2 amide bonds. The van der Waals surface area contributed by atoms with Crippen molar-refractivity contribution in [3.05, 3.63) is 70.5 Å². The Hall–Kier alpha value is -2.44. The van der Waals surface area contributed by atoms with Gasteiger partial charge in [-0.3, -0.25) is 9.59 Å². The Labute approximate surface area is 218 Å². The smallest absolute Gasteiger partial charge is 0.258 e. The number of hydrogen-bond donors (Lipinski definition) is 1. The van der Waals surface area contributed by atoms with E-state index in [1.807, 2.05) is 18.2 Å². The van der Waals surface area contributed by atoms with Crippen LogP contribution in [0.15, 0.2) is 48.5 Å². The largest absolute Gasteiger partial charge is 0.349 e. The third kappa shape index (κ3) is 5.60. The normalized spacial score (nSPS) is 23.4. The Morgan fingerprint density at radius 3 is 2.31 bits per heavy atom. The van der Waals surface area contributed by atoms with Gasteiger partial charge in [-0.25, -0.2) is 4.39 Å². The molecule has 2 unspecified atom stereocenters. The molecule has 3 fully saturated rings. The fraction of sp³-hybridized carbons (Fsp3) is 0.517. The molecule has 5 rings (SSSR count). The van der Waals surface area contributed by atoms with Gasteiger partial charge in [-0.15, -0.1) is 0 Å². The van der Waals surface area contributed by atoms with Gasteiger partial charge in [-0.1, -0.05) is 67.3 Å². The Morgan fingerprint density at radius 1 is 0.944 bits per heavy atom. The number of benzene rings is 2. The van der Waals surface area contributed by atoms with Crippen LogP contribution in [0.25, 0.3) is 0 Å². The Bertz CT molecular complexity index is 1040. The van der Waals surface area contributed by atoms with Gasteiger partial charge in [-0.2, -0.15) is 0 Å². The molecule has 1 aliphatic carbocycles. The summed E-state index contributed by atoms with van der Waals surface area (Å²) in [5.74, 6) is 0.227. The summed E-state index contributed by atoms with van der Waals surface area (Å²) in [5.41, 5.74) is 1.13. The van der Waals surface area contributed by atoms with E-state index >= 15 is 0 Å². The zero-order chi connectivity index (χ0) is 25.1. The van der Waals surface area contributed by atoms with Crippen molar-refractivity contribution in [1.82, 2.24) is 15.1 Å². The second-order valence-corrected chi connectivity index (χ2v) is 11.1. The molecule has 36 heavy (non-hydrogen) atoms. The molecule has 0 radical (unpaired) electrons. The van der Waals surface area contributed by atoms with Crippen LogP contribution in [0.3, 0.4) is 0 Å². The van der Waals surface area contributed by atoms with Crippen LogP contribution in [0.1, 0.15) is 60.5 Å². The van der Waals surface area contributed by atoms with Crippen molar-refractivity contribution in [2.24, 2.45) is 17.8 Å². The van der Waals surface area contributed by atoms with Gasteiger partial charge in [0.1, 0.15) is 5.82 Å². The molecular formula is C29H35ClFN3O2. The number of rotatable bonds is 7. The van der Waals surface area contributed by atoms with Crippen molar-refractivity contribution in [2.75, 3.05) is 32.7 Å². The van der Waals surface area contributed by atoms with Crippen LogP contribution < -0.4 is 5.32 Å². The highest BCUT2D eigenvalue weighted by atomic mass is 35.5. The lowest BCUT2D eigenvalue weighted by molar-refractivity contribution is -0.126. The molecule has 0 aromatic heterocycles. The summed E-state index contributed by atoms with van der Waals surface area (Å²) in [4.78, 5) is 30.2. The minimum Gasteiger partial charge on any atom is -0.349 e. The number of nitrogens with one attached hydrogen (secondary N) is 1. The molecule has 1 saturated carbocycles. The predicted octanol–water partition coefficient (Wildman–Crippen LogP) is 5.31. The van der Waals surface area contributed by atoms with Gasteiger partial charge in [0.05, 0.1) is 16.6 Å². The van der Waals surface area contributed by atoms with Gasteiger partial charge in [-0.05, 0) is 48.8 Å². The van der Waals surface area contributed by atoms with E-state index in [9.17, 15) is 14.0 Å². The van der Waals surface area contributed by atoms with Crippen LogP contribution in [0, 0.1) is 23.6 Å². The first-order chi connectivity index (χ1) is 17.5. The molecule has 3 aliphatic rings. The number of fused-ring (bicyclic) bond motifs is 1. The first-order valence-electron chi connectivity index (χ1n) is 13.3. The molecule has 192 valence electrons. The molecule has 0 bridgehead atoms. The van der Waals surface area contributed by atoms with Crippen molar-refractivity contribution in [3.8, 4) is 0 Å². The average Bonchev–Trinajstić information content (AvgIpc) is 3.46. The third-order valence-corrected chi connectivity index (χ3v) is 8.57. The van der Waals surface area contributed by atoms with Crippen LogP contribution >= 0.6 is 11.6 Å². The maximum absolute atomic E-state index is 14.3. The topological polar surface area (TPSA) is 52.7 Å². The van der Waals surface area contributed by atoms with E-state index in [1.54, 1.807) is 11.0 Å². The molecule has 2 aromatic rings. The van der Waals surface area contributed by atoms with Crippen LogP contribution in [0.2, 0.25) is 5.02 Å². The lowest BCUT2D eigenvalue weighted by Crippen LogP contribution is -2.37. The molecule has 2 aromatic carbocycles. The van der Waals surface area contributed by atoms with Crippen molar-refractivity contribution < 1.29 is 14.0 Å². The quantitative estimate of drug-likeness (QED) is 0.548. The Kier molecular flexibility index (Phi) is 7.92. The van der Waals surface area contributed by atoms with Crippen molar-refractivity contribution in [2.45, 2.75) is 44.6 Å². The molecule has 2 aliphatic heterocycles. The van der Waals surface area contributed by atoms with E-state index in [0.29, 0.717) is 24.9 Å². The van der Waals surface area contributed by atoms with Crippen LogP contribution in [-0.2, 0) is 4.79 Å². The van der Waals surface area contributed by atoms with Crippen LogP contribution in [-0.4, -0.2) is 54.3 Å². The molecule has 5 nitrogen and oxygen atoms in total. The highest BCUT2D eigenvalue weighted by molar-refractivity contribution is 6.33. The summed E-state index contributed by atoms with van der Waals surface area (Å²) in [5, 5.41) is 3.53. The van der Waals surface area contributed by atoms with Gasteiger partial charge < -0.3 is 15.1 Å². The van der Waals surface area contributed by atoms with Crippen LogP contribution in [0.4, 0.5) is 4.39 Å². The van der Waals surface area contributed by atoms with Gasteiger partial charge in [0.15, 0.2) is 0 Å². The van der Waals surface area contributed by atoms with Gasteiger partial charge >= 0.3 is 0 Å². The number of carbonyl (C=O) groups is 2. The molecule has 3 atom stereocenters. The average molecular weight is 512 g/mol. The number of likely N-dealkylation sites (tertiary alicyclic amines) is 2. The zero-order valence-corrected chi connectivity index (χ0v) is 21.4. The van der Waals surface area contributed by atoms with E-state index < -0.39 is 5.82 Å². The fourth-order valence-electron chi connectivity index (χ4n) is 6.27. The van der Waals surface area contributed by atoms with Crippen molar-refractivity contribution in [1.29, 1.82) is 0 Å². The zero-order valence-electron chi connectivity index (χ0n) is 20.7. The highest BCUT2D eigenvalue weighted by Crippen LogP contribution is 2.34. The minimum atomic E-state index is -0.562. The summed E-state index contributed by atoms with van der Waals surface area (Å²) in [6, 6.07) is 14.6. The first kappa shape index (κ1) is 25.2. The highest BCUT2D eigenvalue weighted by Gasteiger charge is 2.42. The molecule has 7 heteroatoms. The van der Waals surface area contributed by atoms with Gasteiger partial charge in [0, 0.05) is 38.6 Å². The number of nitrogens with zero attached hydrogens (tertiary/aromatic N) is 2. The summed E-state index contributed by atoms with van der Waals surface area (Å²) >= 11 is 6.13. The minimum absolute atomic E-state index is 0.00217. The standard InChI is InChI=1S/C29H35ClFN3O2/c30-24-12-7-13-25(31)27(24)29(36)34-18-22-16-33(17-23(22)19-34)15-14-26(20-8-3-1-4-9-20)32-28(35)21-10-5-2-6-11-21/h1,3-4,7-9,12-13,21-23,26H,2,5-6,10-11,14-19H2,(H,32,35)/t22-,23?,26?/m0/s1. The van der Waals surface area contributed by atoms with Crippen LogP contribution in [0.5, 0.6) is 0 Å². The van der Waals surface area contributed by atoms with E-state index in [0.717, 1.165) is 57.3 Å². The van der Waals surface area contributed by atoms with E-state index in [4.69, 9.17) is 11.6 Å². The fourth-order valence-corrected chi connectivity index (χ4v) is 6.52. The summed E-state index contributed by atoms with van der Waals surface area (Å²) in [6.07, 6.45) is 6.38. The third-order valence-electron chi connectivity index (χ3n) is 8.25. The number of amides is 2. The molecule has 2 heterocycles. The van der Waals surface area contributed by atoms with E-state index in [1.165, 1.54) is 18.6 Å². The second-order valence-electron chi connectivity index (χ2n) is 10.7. The Morgan fingerprint density at radius 2 is 1.64 bits per heavy atom. The molecular weight excluding hydrogens is 477 g/mol. The number of halogens is 2.